The lowest BCUT2D eigenvalue weighted by molar-refractivity contribution is 0.718. The highest BCUT2D eigenvalue weighted by molar-refractivity contribution is 7.80. The minimum atomic E-state index is 1.14. The predicted molar refractivity (Wildman–Crippen MR) is 57.9 cm³/mol. The van der Waals surface area contributed by atoms with Gasteiger partial charge in [0.25, 0.3) is 0 Å². The second-order valence-corrected chi connectivity index (χ2v) is 4.47. The van der Waals surface area contributed by atoms with E-state index in [0.717, 1.165) is 4.90 Å². The number of aryl methyl sites for hydroxylation is 1. The van der Waals surface area contributed by atoms with Crippen molar-refractivity contribution in [1.29, 1.82) is 0 Å². The van der Waals surface area contributed by atoms with Gasteiger partial charge in [-0.2, -0.15) is 0 Å². The van der Waals surface area contributed by atoms with Crippen LogP contribution in [0.15, 0.2) is 17.0 Å². The van der Waals surface area contributed by atoms with E-state index in [2.05, 4.69) is 29.7 Å². The van der Waals surface area contributed by atoms with Crippen LogP contribution in [0.3, 0.4) is 0 Å². The third-order valence-corrected chi connectivity index (χ3v) is 3.35. The quantitative estimate of drug-likeness (QED) is 0.616. The molecule has 2 heteroatoms. The molecule has 0 spiro atoms. The Hall–Kier alpha value is -0.630. The molecule has 0 aliphatic carbocycles. The normalized spacial score (nSPS) is 19.0. The second-order valence-electron chi connectivity index (χ2n) is 3.95. The number of benzene rings is 1. The Morgan fingerprint density at radius 2 is 1.85 bits per heavy atom. The summed E-state index contributed by atoms with van der Waals surface area (Å²) in [5.41, 5.74) is 4.57. The first kappa shape index (κ1) is 7.74. The van der Waals surface area contributed by atoms with Crippen LogP contribution in [-0.2, 0) is 12.8 Å². The van der Waals surface area contributed by atoms with E-state index in [1.165, 1.54) is 49.2 Å². The maximum absolute atomic E-state index is 4.44. The predicted octanol–water partition coefficient (Wildman–Crippen LogP) is 2.28. The fourth-order valence-electron chi connectivity index (χ4n) is 2.58. The highest BCUT2D eigenvalue weighted by Crippen LogP contribution is 2.37. The average molecular weight is 191 g/mol. The lowest BCUT2D eigenvalue weighted by Gasteiger charge is -2.27. The Kier molecular flexibility index (Phi) is 1.59. The van der Waals surface area contributed by atoms with Gasteiger partial charge in [0, 0.05) is 23.7 Å². The van der Waals surface area contributed by atoms with Crippen molar-refractivity contribution in [2.45, 2.75) is 24.2 Å². The van der Waals surface area contributed by atoms with Gasteiger partial charge in [0.1, 0.15) is 0 Å². The molecular formula is C11H13NS. The third kappa shape index (κ3) is 1.08. The monoisotopic (exact) mass is 191 g/mol. The largest absolute Gasteiger partial charge is 0.371 e. The summed E-state index contributed by atoms with van der Waals surface area (Å²) in [5.74, 6) is 0. The highest BCUT2D eigenvalue weighted by Gasteiger charge is 2.25. The molecule has 0 N–H and O–H groups in total. The molecule has 68 valence electrons. The molecule has 0 amide bonds. The zero-order valence-electron chi connectivity index (χ0n) is 7.58. The molecule has 2 heterocycles. The molecule has 0 bridgehead atoms. The van der Waals surface area contributed by atoms with E-state index in [0.29, 0.717) is 0 Å². The first-order valence-electron chi connectivity index (χ1n) is 4.94. The fraction of sp³-hybridized carbons (Fsp3) is 0.455. The van der Waals surface area contributed by atoms with Crippen LogP contribution in [0.2, 0.25) is 0 Å². The van der Waals surface area contributed by atoms with Gasteiger partial charge < -0.3 is 4.90 Å². The minimum absolute atomic E-state index is 1.14. The minimum Gasteiger partial charge on any atom is -0.371 e. The van der Waals surface area contributed by atoms with Gasteiger partial charge >= 0.3 is 0 Å². The fourth-order valence-corrected chi connectivity index (χ4v) is 2.89. The van der Waals surface area contributed by atoms with E-state index in [4.69, 9.17) is 0 Å². The van der Waals surface area contributed by atoms with E-state index < -0.39 is 0 Å². The summed E-state index contributed by atoms with van der Waals surface area (Å²) in [6.07, 6.45) is 3.77. The van der Waals surface area contributed by atoms with Crippen molar-refractivity contribution >= 4 is 18.3 Å². The molecule has 0 saturated heterocycles. The number of rotatable bonds is 0. The zero-order valence-corrected chi connectivity index (χ0v) is 8.48. The van der Waals surface area contributed by atoms with Gasteiger partial charge in [-0.05, 0) is 42.5 Å². The Morgan fingerprint density at radius 3 is 2.69 bits per heavy atom. The van der Waals surface area contributed by atoms with Crippen LogP contribution in [0.4, 0.5) is 5.69 Å². The second kappa shape index (κ2) is 2.68. The molecule has 13 heavy (non-hydrogen) atoms. The van der Waals surface area contributed by atoms with Crippen LogP contribution in [0.5, 0.6) is 0 Å². The molecule has 3 rings (SSSR count). The maximum Gasteiger partial charge on any atom is 0.0432 e. The standard InChI is InChI=1S/C11H13NS/c13-10-6-8-2-1-4-12-5-3-9(7-10)11(8)12/h6-7,13H,1-5H2. The summed E-state index contributed by atoms with van der Waals surface area (Å²) in [7, 11) is 0. The lowest BCUT2D eigenvalue weighted by atomic mass is 10.0. The van der Waals surface area contributed by atoms with Crippen molar-refractivity contribution < 1.29 is 0 Å². The summed E-state index contributed by atoms with van der Waals surface area (Å²) < 4.78 is 0. The van der Waals surface area contributed by atoms with Gasteiger partial charge in [-0.25, -0.2) is 0 Å². The van der Waals surface area contributed by atoms with Gasteiger partial charge in [0.2, 0.25) is 0 Å². The molecule has 0 aromatic heterocycles. The zero-order chi connectivity index (χ0) is 8.84. The third-order valence-electron chi connectivity index (χ3n) is 3.09. The van der Waals surface area contributed by atoms with Crippen molar-refractivity contribution in [3.8, 4) is 0 Å². The van der Waals surface area contributed by atoms with Crippen LogP contribution in [0, 0.1) is 0 Å². The number of nitrogens with zero attached hydrogens (tertiary/aromatic N) is 1. The van der Waals surface area contributed by atoms with Gasteiger partial charge in [0.05, 0.1) is 0 Å². The molecule has 0 atom stereocenters. The highest BCUT2D eigenvalue weighted by atomic mass is 32.1. The molecule has 0 unspecified atom stereocenters. The number of hydrogen-bond donors (Lipinski definition) is 1. The van der Waals surface area contributed by atoms with Crippen molar-refractivity contribution in [3.63, 3.8) is 0 Å². The summed E-state index contributed by atoms with van der Waals surface area (Å²) in [6.45, 7) is 2.48. The van der Waals surface area contributed by atoms with Crippen LogP contribution < -0.4 is 4.90 Å². The number of hydrogen-bond acceptors (Lipinski definition) is 2. The van der Waals surface area contributed by atoms with Crippen LogP contribution in [0.1, 0.15) is 17.5 Å². The first-order valence-corrected chi connectivity index (χ1v) is 5.39. The maximum atomic E-state index is 4.44. The Morgan fingerprint density at radius 1 is 1.08 bits per heavy atom. The van der Waals surface area contributed by atoms with Crippen molar-refractivity contribution in [2.24, 2.45) is 0 Å². The van der Waals surface area contributed by atoms with E-state index in [1.807, 2.05) is 0 Å². The molecule has 2 aliphatic rings. The van der Waals surface area contributed by atoms with Gasteiger partial charge in [-0.15, -0.1) is 12.6 Å². The first-order chi connectivity index (χ1) is 6.34. The van der Waals surface area contributed by atoms with Crippen LogP contribution in [0.25, 0.3) is 0 Å². The van der Waals surface area contributed by atoms with E-state index in [-0.39, 0.29) is 0 Å². The van der Waals surface area contributed by atoms with Gasteiger partial charge in [0.15, 0.2) is 0 Å². The lowest BCUT2D eigenvalue weighted by Crippen LogP contribution is -2.26. The molecule has 1 aromatic carbocycles. The van der Waals surface area contributed by atoms with Crippen LogP contribution in [-0.4, -0.2) is 13.1 Å². The molecular weight excluding hydrogens is 178 g/mol. The van der Waals surface area contributed by atoms with Crippen LogP contribution >= 0.6 is 12.6 Å². The molecule has 0 saturated carbocycles. The van der Waals surface area contributed by atoms with Crippen molar-refractivity contribution in [1.82, 2.24) is 0 Å². The van der Waals surface area contributed by atoms with E-state index >= 15 is 0 Å². The summed E-state index contributed by atoms with van der Waals surface area (Å²) >= 11 is 4.44. The molecule has 0 fully saturated rings. The Labute approximate surface area is 84.2 Å². The number of anilines is 1. The summed E-state index contributed by atoms with van der Waals surface area (Å²) in [5, 5.41) is 0. The van der Waals surface area contributed by atoms with Crippen molar-refractivity contribution in [2.75, 3.05) is 18.0 Å². The molecule has 1 nitrogen and oxygen atoms in total. The smallest absolute Gasteiger partial charge is 0.0432 e. The van der Waals surface area contributed by atoms with E-state index in [1.54, 1.807) is 0 Å². The van der Waals surface area contributed by atoms with E-state index in [9.17, 15) is 0 Å². The van der Waals surface area contributed by atoms with Gasteiger partial charge in [-0.3, -0.25) is 0 Å². The van der Waals surface area contributed by atoms with Crippen molar-refractivity contribution in [3.05, 3.63) is 23.3 Å². The Bertz CT molecular complexity index is 359. The summed E-state index contributed by atoms with van der Waals surface area (Å²) in [4.78, 5) is 3.67. The van der Waals surface area contributed by atoms with Gasteiger partial charge in [-0.1, -0.05) is 0 Å². The SMILES string of the molecule is Sc1cc2c3c(c1)CCN3CCC2. The molecule has 0 radical (unpaired) electrons. The summed E-state index contributed by atoms with van der Waals surface area (Å²) in [6, 6.07) is 4.46. The topological polar surface area (TPSA) is 3.24 Å². The average Bonchev–Trinajstić information content (AvgIpc) is 2.50. The molecule has 1 aromatic rings. The number of thiol groups is 1. The Balaban J connectivity index is 2.23. The molecule has 2 aliphatic heterocycles.